The van der Waals surface area contributed by atoms with Crippen LogP contribution < -0.4 is 5.73 Å². The Hall–Kier alpha value is -0.870. The smallest absolute Gasteiger partial charge is 0.0641 e. The minimum atomic E-state index is 0.292. The summed E-state index contributed by atoms with van der Waals surface area (Å²) in [7, 11) is 4.11. The van der Waals surface area contributed by atoms with Crippen LogP contribution >= 0.6 is 0 Å². The number of nitrogens with zero attached hydrogens (tertiary/aromatic N) is 3. The maximum Gasteiger partial charge on any atom is 0.0641 e. The molecule has 0 fully saturated rings. The lowest BCUT2D eigenvalue weighted by Gasteiger charge is -2.26. The third kappa shape index (κ3) is 3.82. The number of aromatic nitrogens is 2. The number of unbranched alkanes of at least 4 members (excludes halogenated alkanes) is 2. The highest BCUT2D eigenvalue weighted by atomic mass is 15.3. The highest BCUT2D eigenvalue weighted by Gasteiger charge is 2.19. The number of nitrogens with two attached hydrogens (primary N) is 1. The molecular weight excluding hydrogens is 212 g/mol. The molecule has 0 saturated heterocycles. The van der Waals surface area contributed by atoms with E-state index in [-0.39, 0.29) is 0 Å². The van der Waals surface area contributed by atoms with Crippen LogP contribution in [0.2, 0.25) is 0 Å². The Morgan fingerprint density at radius 2 is 2.18 bits per heavy atom. The molecule has 0 aliphatic rings. The van der Waals surface area contributed by atoms with Gasteiger partial charge in [0.05, 0.1) is 11.7 Å². The highest BCUT2D eigenvalue weighted by molar-refractivity contribution is 5.20. The van der Waals surface area contributed by atoms with Gasteiger partial charge in [-0.1, -0.05) is 19.8 Å². The lowest BCUT2D eigenvalue weighted by molar-refractivity contribution is 0.244. The second-order valence-corrected chi connectivity index (χ2v) is 4.78. The molecule has 1 heterocycles. The first-order chi connectivity index (χ1) is 8.10. The third-order valence-electron chi connectivity index (χ3n) is 3.28. The molecule has 0 bridgehead atoms. The van der Waals surface area contributed by atoms with E-state index in [0.717, 1.165) is 12.2 Å². The molecule has 17 heavy (non-hydrogen) atoms. The Morgan fingerprint density at radius 1 is 1.47 bits per heavy atom. The Morgan fingerprint density at radius 3 is 2.65 bits per heavy atom. The van der Waals surface area contributed by atoms with E-state index in [0.29, 0.717) is 12.6 Å². The second-order valence-electron chi connectivity index (χ2n) is 4.78. The van der Waals surface area contributed by atoms with Crippen LogP contribution in [-0.4, -0.2) is 34.8 Å². The molecule has 1 aromatic heterocycles. The van der Waals surface area contributed by atoms with Crippen LogP contribution in [0, 0.1) is 6.92 Å². The van der Waals surface area contributed by atoms with E-state index in [2.05, 4.69) is 37.1 Å². The van der Waals surface area contributed by atoms with Gasteiger partial charge in [-0.2, -0.15) is 5.10 Å². The molecule has 1 unspecified atom stereocenters. The van der Waals surface area contributed by atoms with Gasteiger partial charge < -0.3 is 5.73 Å². The quantitative estimate of drug-likeness (QED) is 0.737. The first-order valence-corrected chi connectivity index (χ1v) is 6.50. The van der Waals surface area contributed by atoms with Crippen LogP contribution in [0.4, 0.5) is 0 Å². The maximum atomic E-state index is 5.91. The highest BCUT2D eigenvalue weighted by Crippen LogP contribution is 2.21. The van der Waals surface area contributed by atoms with E-state index >= 15 is 0 Å². The first kappa shape index (κ1) is 14.2. The SMILES string of the molecule is CCCCCN(C)C(CN)c1cn(C)nc1C. The molecule has 0 radical (unpaired) electrons. The summed E-state index contributed by atoms with van der Waals surface area (Å²) in [5, 5.41) is 4.39. The van der Waals surface area contributed by atoms with Gasteiger partial charge in [0.25, 0.3) is 0 Å². The van der Waals surface area contributed by atoms with E-state index < -0.39 is 0 Å². The molecule has 0 saturated carbocycles. The van der Waals surface area contributed by atoms with Crippen LogP contribution in [0.3, 0.4) is 0 Å². The zero-order valence-corrected chi connectivity index (χ0v) is 11.6. The number of hydrogen-bond acceptors (Lipinski definition) is 3. The van der Waals surface area contributed by atoms with Gasteiger partial charge in [0, 0.05) is 25.4 Å². The van der Waals surface area contributed by atoms with Crippen molar-refractivity contribution in [3.8, 4) is 0 Å². The normalized spacial score (nSPS) is 13.3. The summed E-state index contributed by atoms with van der Waals surface area (Å²) in [5.41, 5.74) is 8.26. The van der Waals surface area contributed by atoms with Gasteiger partial charge >= 0.3 is 0 Å². The van der Waals surface area contributed by atoms with Gasteiger partial charge in [-0.25, -0.2) is 0 Å². The van der Waals surface area contributed by atoms with Crippen molar-refractivity contribution in [1.29, 1.82) is 0 Å². The lowest BCUT2D eigenvalue weighted by Crippen LogP contribution is -2.31. The van der Waals surface area contributed by atoms with E-state index in [4.69, 9.17) is 5.73 Å². The van der Waals surface area contributed by atoms with Gasteiger partial charge in [0.1, 0.15) is 0 Å². The van der Waals surface area contributed by atoms with Crippen molar-refractivity contribution >= 4 is 0 Å². The molecule has 0 aliphatic carbocycles. The largest absolute Gasteiger partial charge is 0.329 e. The molecule has 4 nitrogen and oxygen atoms in total. The summed E-state index contributed by atoms with van der Waals surface area (Å²) in [4.78, 5) is 2.35. The summed E-state index contributed by atoms with van der Waals surface area (Å²) in [6.45, 7) is 6.03. The standard InChI is InChI=1S/C13H26N4/c1-5-6-7-8-16(3)13(9-14)12-10-17(4)15-11(12)2/h10,13H,5-9,14H2,1-4H3. The molecule has 2 N–H and O–H groups in total. The third-order valence-corrected chi connectivity index (χ3v) is 3.28. The van der Waals surface area contributed by atoms with Gasteiger partial charge in [-0.05, 0) is 26.9 Å². The molecule has 4 heteroatoms. The minimum absolute atomic E-state index is 0.292. The molecule has 1 rings (SSSR count). The second kappa shape index (κ2) is 6.77. The van der Waals surface area contributed by atoms with Crippen molar-refractivity contribution in [2.45, 2.75) is 39.2 Å². The summed E-state index contributed by atoms with van der Waals surface area (Å²) in [6, 6.07) is 0.292. The summed E-state index contributed by atoms with van der Waals surface area (Å²) in [5.74, 6) is 0. The Bertz CT molecular complexity index is 332. The minimum Gasteiger partial charge on any atom is -0.329 e. The molecule has 0 aromatic carbocycles. The zero-order chi connectivity index (χ0) is 12.8. The van der Waals surface area contributed by atoms with Gasteiger partial charge in [-0.3, -0.25) is 9.58 Å². The van der Waals surface area contributed by atoms with Crippen LogP contribution in [0.15, 0.2) is 6.20 Å². The van der Waals surface area contributed by atoms with E-state index in [1.54, 1.807) is 0 Å². The fourth-order valence-electron chi connectivity index (χ4n) is 2.26. The van der Waals surface area contributed by atoms with E-state index in [1.807, 2.05) is 11.7 Å². The topological polar surface area (TPSA) is 47.1 Å². The monoisotopic (exact) mass is 238 g/mol. The van der Waals surface area contributed by atoms with Crippen LogP contribution in [0.1, 0.15) is 43.5 Å². The van der Waals surface area contributed by atoms with Crippen LogP contribution in [0.25, 0.3) is 0 Å². The van der Waals surface area contributed by atoms with Crippen molar-refractivity contribution in [3.63, 3.8) is 0 Å². The van der Waals surface area contributed by atoms with Gasteiger partial charge in [-0.15, -0.1) is 0 Å². The number of aryl methyl sites for hydroxylation is 2. The average Bonchev–Trinajstić information content (AvgIpc) is 2.60. The van der Waals surface area contributed by atoms with Crippen molar-refractivity contribution < 1.29 is 0 Å². The van der Waals surface area contributed by atoms with Crippen LogP contribution in [0.5, 0.6) is 0 Å². The molecular formula is C13H26N4. The fourth-order valence-corrected chi connectivity index (χ4v) is 2.26. The Balaban J connectivity index is 2.67. The van der Waals surface area contributed by atoms with Crippen molar-refractivity contribution in [2.75, 3.05) is 20.1 Å². The molecule has 98 valence electrons. The molecule has 1 aromatic rings. The van der Waals surface area contributed by atoms with Gasteiger partial charge in [0.15, 0.2) is 0 Å². The van der Waals surface area contributed by atoms with Crippen molar-refractivity contribution in [3.05, 3.63) is 17.5 Å². The lowest BCUT2D eigenvalue weighted by atomic mass is 10.1. The van der Waals surface area contributed by atoms with Gasteiger partial charge in [0.2, 0.25) is 0 Å². The molecule has 0 amide bonds. The Kier molecular flexibility index (Phi) is 5.65. The van der Waals surface area contributed by atoms with E-state index in [1.165, 1.54) is 24.8 Å². The fraction of sp³-hybridized carbons (Fsp3) is 0.769. The molecule has 1 atom stereocenters. The van der Waals surface area contributed by atoms with Crippen molar-refractivity contribution in [1.82, 2.24) is 14.7 Å². The van der Waals surface area contributed by atoms with Crippen molar-refractivity contribution in [2.24, 2.45) is 12.8 Å². The molecule has 0 spiro atoms. The number of hydrogen-bond donors (Lipinski definition) is 1. The zero-order valence-electron chi connectivity index (χ0n) is 11.6. The first-order valence-electron chi connectivity index (χ1n) is 6.50. The number of likely N-dealkylation sites (N-methyl/N-ethyl adjacent to an activating group) is 1. The maximum absolute atomic E-state index is 5.91. The van der Waals surface area contributed by atoms with Crippen LogP contribution in [-0.2, 0) is 7.05 Å². The average molecular weight is 238 g/mol. The van der Waals surface area contributed by atoms with E-state index in [9.17, 15) is 0 Å². The predicted molar refractivity (Wildman–Crippen MR) is 71.9 cm³/mol. The Labute approximate surface area is 105 Å². The predicted octanol–water partition coefficient (Wildman–Crippen LogP) is 1.85. The summed E-state index contributed by atoms with van der Waals surface area (Å²) < 4.78 is 1.87. The summed E-state index contributed by atoms with van der Waals surface area (Å²) in [6.07, 6.45) is 5.87. The summed E-state index contributed by atoms with van der Waals surface area (Å²) >= 11 is 0. The molecule has 0 aliphatic heterocycles. The number of rotatable bonds is 7.